The van der Waals surface area contributed by atoms with Gasteiger partial charge in [-0.25, -0.2) is 0 Å². The largest absolute Gasteiger partial charge is 0.375 e. The van der Waals surface area contributed by atoms with E-state index in [1.165, 1.54) is 0 Å². The highest BCUT2D eigenvalue weighted by molar-refractivity contribution is 5.80. The lowest BCUT2D eigenvalue weighted by atomic mass is 10.2. The maximum absolute atomic E-state index is 11.8. The van der Waals surface area contributed by atoms with E-state index in [1.807, 2.05) is 30.3 Å². The van der Waals surface area contributed by atoms with Crippen molar-refractivity contribution >= 4 is 5.91 Å². The van der Waals surface area contributed by atoms with Crippen molar-refractivity contribution in [2.45, 2.75) is 31.7 Å². The van der Waals surface area contributed by atoms with Crippen LogP contribution in [0.5, 0.6) is 0 Å². The Morgan fingerprint density at radius 1 is 1.35 bits per heavy atom. The third kappa shape index (κ3) is 4.59. The van der Waals surface area contributed by atoms with Gasteiger partial charge in [-0.2, -0.15) is 0 Å². The van der Waals surface area contributed by atoms with Crippen LogP contribution < -0.4 is 11.1 Å². The van der Waals surface area contributed by atoms with Crippen molar-refractivity contribution in [3.63, 3.8) is 0 Å². The van der Waals surface area contributed by atoms with Crippen molar-refractivity contribution in [1.82, 2.24) is 5.32 Å². The van der Waals surface area contributed by atoms with Gasteiger partial charge in [0.15, 0.2) is 0 Å². The maximum Gasteiger partial charge on any atom is 0.249 e. The van der Waals surface area contributed by atoms with Crippen molar-refractivity contribution in [3.8, 4) is 0 Å². The van der Waals surface area contributed by atoms with Crippen molar-refractivity contribution in [2.24, 2.45) is 5.73 Å². The molecule has 0 bridgehead atoms. The van der Waals surface area contributed by atoms with Crippen LogP contribution in [0.1, 0.15) is 18.4 Å². The molecular weight excluding hydrogens is 256 g/mol. The smallest absolute Gasteiger partial charge is 0.249 e. The van der Waals surface area contributed by atoms with Crippen LogP contribution in [0.25, 0.3) is 0 Å². The molecule has 3 N–H and O–H groups in total. The molecule has 1 aromatic rings. The van der Waals surface area contributed by atoms with Gasteiger partial charge in [-0.1, -0.05) is 30.3 Å². The summed E-state index contributed by atoms with van der Waals surface area (Å²) in [6, 6.07) is 9.95. The first kappa shape index (κ1) is 15.0. The van der Waals surface area contributed by atoms with Crippen LogP contribution in [0.3, 0.4) is 0 Å². The van der Waals surface area contributed by atoms with E-state index >= 15 is 0 Å². The first-order chi connectivity index (χ1) is 9.79. The van der Waals surface area contributed by atoms with Crippen LogP contribution in [0.4, 0.5) is 0 Å². The number of benzene rings is 1. The van der Waals surface area contributed by atoms with E-state index in [0.717, 1.165) is 18.4 Å². The molecule has 2 rings (SSSR count). The van der Waals surface area contributed by atoms with Crippen molar-refractivity contribution in [3.05, 3.63) is 35.9 Å². The fraction of sp³-hybridized carbons (Fsp3) is 0.533. The van der Waals surface area contributed by atoms with Crippen molar-refractivity contribution in [1.29, 1.82) is 0 Å². The third-order valence-corrected chi connectivity index (χ3v) is 3.32. The standard InChI is InChI=1S/C15H22N2O3/c16-10-13-6-7-14(20-13)15(18)17-8-9-19-11-12-4-2-1-3-5-12/h1-5,13-14H,6-11,16H2,(H,17,18)/t13-,14+/m1/s1. The highest BCUT2D eigenvalue weighted by atomic mass is 16.5. The molecule has 0 saturated carbocycles. The number of ether oxygens (including phenoxy) is 2. The quantitative estimate of drug-likeness (QED) is 0.724. The topological polar surface area (TPSA) is 73.6 Å². The molecule has 20 heavy (non-hydrogen) atoms. The van der Waals surface area contributed by atoms with Gasteiger partial charge < -0.3 is 20.5 Å². The van der Waals surface area contributed by atoms with E-state index in [9.17, 15) is 4.79 Å². The lowest BCUT2D eigenvalue weighted by Gasteiger charge is -2.12. The molecule has 1 aromatic carbocycles. The summed E-state index contributed by atoms with van der Waals surface area (Å²) in [7, 11) is 0. The Labute approximate surface area is 119 Å². The van der Waals surface area contributed by atoms with Crippen molar-refractivity contribution < 1.29 is 14.3 Å². The van der Waals surface area contributed by atoms with E-state index < -0.39 is 0 Å². The SMILES string of the molecule is NC[C@H]1CC[C@@H](C(=O)NCCOCc2ccccc2)O1. The zero-order valence-electron chi connectivity index (χ0n) is 11.6. The Balaban J connectivity index is 1.56. The number of amides is 1. The molecule has 0 unspecified atom stereocenters. The minimum Gasteiger partial charge on any atom is -0.375 e. The Hall–Kier alpha value is -1.43. The lowest BCUT2D eigenvalue weighted by molar-refractivity contribution is -0.132. The normalized spacial score (nSPS) is 21.9. The molecule has 1 saturated heterocycles. The molecule has 0 spiro atoms. The Morgan fingerprint density at radius 3 is 2.85 bits per heavy atom. The van der Waals surface area contributed by atoms with Crippen LogP contribution in [0.2, 0.25) is 0 Å². The average molecular weight is 278 g/mol. The van der Waals surface area contributed by atoms with Crippen molar-refractivity contribution in [2.75, 3.05) is 19.7 Å². The second-order valence-electron chi connectivity index (χ2n) is 4.89. The maximum atomic E-state index is 11.8. The molecule has 5 heteroatoms. The zero-order valence-corrected chi connectivity index (χ0v) is 11.6. The molecule has 1 aliphatic heterocycles. The highest BCUT2D eigenvalue weighted by Crippen LogP contribution is 2.18. The van der Waals surface area contributed by atoms with E-state index in [-0.39, 0.29) is 18.1 Å². The summed E-state index contributed by atoms with van der Waals surface area (Å²) in [4.78, 5) is 11.8. The third-order valence-electron chi connectivity index (χ3n) is 3.32. The van der Waals surface area contributed by atoms with E-state index in [2.05, 4.69) is 5.32 Å². The van der Waals surface area contributed by atoms with Crippen LogP contribution in [0.15, 0.2) is 30.3 Å². The Morgan fingerprint density at radius 2 is 2.15 bits per heavy atom. The average Bonchev–Trinajstić information content (AvgIpc) is 2.97. The lowest BCUT2D eigenvalue weighted by Crippen LogP contribution is -2.37. The van der Waals surface area contributed by atoms with E-state index in [1.54, 1.807) is 0 Å². The van der Waals surface area contributed by atoms with Gasteiger partial charge in [0.1, 0.15) is 6.10 Å². The fourth-order valence-corrected chi connectivity index (χ4v) is 2.20. The first-order valence-electron chi connectivity index (χ1n) is 7.04. The number of rotatable bonds is 7. The first-order valence-corrected chi connectivity index (χ1v) is 7.04. The van der Waals surface area contributed by atoms with Gasteiger partial charge in [-0.15, -0.1) is 0 Å². The van der Waals surface area contributed by atoms with Crippen LogP contribution >= 0.6 is 0 Å². The number of hydrogen-bond acceptors (Lipinski definition) is 4. The van der Waals surface area contributed by atoms with E-state index in [0.29, 0.717) is 26.3 Å². The molecule has 0 aromatic heterocycles. The zero-order chi connectivity index (χ0) is 14.2. The van der Waals surface area contributed by atoms with Crippen LogP contribution in [-0.2, 0) is 20.9 Å². The summed E-state index contributed by atoms with van der Waals surface area (Å²) < 4.78 is 11.0. The molecule has 110 valence electrons. The Kier molecular flexibility index (Phi) is 5.98. The van der Waals surface area contributed by atoms with Gasteiger partial charge in [-0.3, -0.25) is 4.79 Å². The Bertz CT molecular complexity index is 411. The van der Waals surface area contributed by atoms with Gasteiger partial charge >= 0.3 is 0 Å². The van der Waals surface area contributed by atoms with Gasteiger partial charge in [0.2, 0.25) is 5.91 Å². The monoisotopic (exact) mass is 278 g/mol. The van der Waals surface area contributed by atoms with E-state index in [4.69, 9.17) is 15.2 Å². The molecule has 0 radical (unpaired) electrons. The number of carbonyl (C=O) groups is 1. The summed E-state index contributed by atoms with van der Waals surface area (Å²) in [5.41, 5.74) is 6.64. The van der Waals surface area contributed by atoms with Gasteiger partial charge in [0.25, 0.3) is 0 Å². The number of nitrogens with one attached hydrogen (secondary N) is 1. The summed E-state index contributed by atoms with van der Waals surface area (Å²) in [6.07, 6.45) is 1.29. The van der Waals surface area contributed by atoms with Gasteiger partial charge in [-0.05, 0) is 18.4 Å². The van der Waals surface area contributed by atoms with Crippen LogP contribution in [0, 0.1) is 0 Å². The fourth-order valence-electron chi connectivity index (χ4n) is 2.20. The van der Waals surface area contributed by atoms with Crippen LogP contribution in [-0.4, -0.2) is 37.8 Å². The second-order valence-corrected chi connectivity index (χ2v) is 4.89. The minimum absolute atomic E-state index is 0.0279. The molecule has 1 heterocycles. The summed E-state index contributed by atoms with van der Waals surface area (Å²) >= 11 is 0. The summed E-state index contributed by atoms with van der Waals surface area (Å²) in [5, 5.41) is 2.83. The molecule has 1 aliphatic rings. The number of nitrogens with two attached hydrogens (primary N) is 1. The van der Waals surface area contributed by atoms with Gasteiger partial charge in [0, 0.05) is 13.1 Å². The predicted molar refractivity (Wildman–Crippen MR) is 76.1 cm³/mol. The molecular formula is C15H22N2O3. The molecule has 5 nitrogen and oxygen atoms in total. The number of hydrogen-bond donors (Lipinski definition) is 2. The second kappa shape index (κ2) is 7.99. The highest BCUT2D eigenvalue weighted by Gasteiger charge is 2.29. The number of carbonyl (C=O) groups excluding carboxylic acids is 1. The molecule has 0 aliphatic carbocycles. The van der Waals surface area contributed by atoms with Gasteiger partial charge in [0.05, 0.1) is 19.3 Å². The summed E-state index contributed by atoms with van der Waals surface area (Å²) in [5.74, 6) is -0.0655. The minimum atomic E-state index is -0.349. The molecule has 2 atom stereocenters. The molecule has 1 amide bonds. The predicted octanol–water partition coefficient (Wildman–Crippen LogP) is 0.826. The summed E-state index contributed by atoms with van der Waals surface area (Å²) in [6.45, 7) is 2.03. The molecule has 1 fully saturated rings.